The fourth-order valence-corrected chi connectivity index (χ4v) is 1.80. The van der Waals surface area contributed by atoms with Crippen LogP contribution in [-0.2, 0) is 6.18 Å². The van der Waals surface area contributed by atoms with Gasteiger partial charge in [0.05, 0.1) is 22.4 Å². The van der Waals surface area contributed by atoms with Gasteiger partial charge in [-0.25, -0.2) is 0 Å². The number of benzene rings is 1. The molecule has 0 fully saturated rings. The van der Waals surface area contributed by atoms with Gasteiger partial charge in [0.1, 0.15) is 0 Å². The molecule has 1 aromatic rings. The predicted octanol–water partition coefficient (Wildman–Crippen LogP) is 2.69. The van der Waals surface area contributed by atoms with E-state index in [1.54, 1.807) is 4.90 Å². The summed E-state index contributed by atoms with van der Waals surface area (Å²) in [5.41, 5.74) is -0.427. The van der Waals surface area contributed by atoms with Crippen molar-refractivity contribution in [2.24, 2.45) is 0 Å². The van der Waals surface area contributed by atoms with Gasteiger partial charge in [0.15, 0.2) is 0 Å². The number of hydrogen-bond donors (Lipinski definition) is 2. The van der Waals surface area contributed by atoms with Crippen molar-refractivity contribution in [3.05, 3.63) is 28.8 Å². The average molecular weight is 297 g/mol. The van der Waals surface area contributed by atoms with Gasteiger partial charge < -0.3 is 15.3 Å². The van der Waals surface area contributed by atoms with Crippen LogP contribution in [0.2, 0.25) is 5.02 Å². The zero-order chi connectivity index (χ0) is 14.6. The van der Waals surface area contributed by atoms with Gasteiger partial charge >= 0.3 is 6.18 Å². The molecule has 0 aliphatic rings. The molecule has 0 saturated carbocycles. The molecular formula is C12H16ClF3N2O. The molecule has 1 rings (SSSR count). The molecule has 0 aliphatic carbocycles. The van der Waals surface area contributed by atoms with Crippen LogP contribution in [0.1, 0.15) is 5.56 Å². The first-order valence-corrected chi connectivity index (χ1v) is 6.01. The summed E-state index contributed by atoms with van der Waals surface area (Å²) in [5.74, 6) is 0. The van der Waals surface area contributed by atoms with E-state index in [0.29, 0.717) is 12.2 Å². The van der Waals surface area contributed by atoms with Crippen LogP contribution in [0.4, 0.5) is 18.9 Å². The Bertz CT molecular complexity index is 424. The molecule has 0 heterocycles. The number of alkyl halides is 3. The zero-order valence-electron chi connectivity index (χ0n) is 10.6. The van der Waals surface area contributed by atoms with E-state index in [4.69, 9.17) is 11.6 Å². The van der Waals surface area contributed by atoms with E-state index in [9.17, 15) is 18.3 Å². The van der Waals surface area contributed by atoms with Gasteiger partial charge in [-0.15, -0.1) is 0 Å². The van der Waals surface area contributed by atoms with Crippen LogP contribution in [0, 0.1) is 0 Å². The van der Waals surface area contributed by atoms with Gasteiger partial charge in [0.25, 0.3) is 0 Å². The number of aliphatic hydroxyl groups is 1. The Labute approximate surface area is 115 Å². The maximum Gasteiger partial charge on any atom is 0.416 e. The Morgan fingerprint density at radius 3 is 2.47 bits per heavy atom. The minimum atomic E-state index is -4.41. The lowest BCUT2D eigenvalue weighted by Crippen LogP contribution is -2.31. The molecule has 108 valence electrons. The van der Waals surface area contributed by atoms with E-state index >= 15 is 0 Å². The monoisotopic (exact) mass is 296 g/mol. The predicted molar refractivity (Wildman–Crippen MR) is 69.5 cm³/mol. The van der Waals surface area contributed by atoms with Gasteiger partial charge in [-0.3, -0.25) is 0 Å². The minimum Gasteiger partial charge on any atom is -0.390 e. The Morgan fingerprint density at radius 1 is 1.37 bits per heavy atom. The third kappa shape index (κ3) is 5.26. The van der Waals surface area contributed by atoms with Gasteiger partial charge in [-0.05, 0) is 32.3 Å². The highest BCUT2D eigenvalue weighted by Gasteiger charge is 2.30. The summed E-state index contributed by atoms with van der Waals surface area (Å²) in [6, 6.07) is 3.07. The molecular weight excluding hydrogens is 281 g/mol. The van der Waals surface area contributed by atoms with Crippen LogP contribution in [0.3, 0.4) is 0 Å². The first-order valence-electron chi connectivity index (χ1n) is 5.63. The molecule has 0 bridgehead atoms. The number of halogens is 4. The first-order chi connectivity index (χ1) is 8.70. The van der Waals surface area contributed by atoms with Gasteiger partial charge in [-0.2, -0.15) is 13.2 Å². The van der Waals surface area contributed by atoms with Crippen molar-refractivity contribution in [2.45, 2.75) is 12.3 Å². The number of anilines is 1. The van der Waals surface area contributed by atoms with Gasteiger partial charge in [-0.1, -0.05) is 11.6 Å². The second kappa shape index (κ2) is 6.45. The molecule has 7 heteroatoms. The lowest BCUT2D eigenvalue weighted by molar-refractivity contribution is -0.137. The van der Waals surface area contributed by atoms with Crippen LogP contribution in [-0.4, -0.2) is 43.3 Å². The quantitative estimate of drug-likeness (QED) is 0.877. The second-order valence-corrected chi connectivity index (χ2v) is 4.90. The standard InChI is InChI=1S/C12H16ClF3N2O/c1-18(2)7-9(19)6-17-11-4-3-8(5-10(11)13)12(14,15)16/h3-5,9,17,19H,6-7H2,1-2H3. The summed E-state index contributed by atoms with van der Waals surface area (Å²) in [5, 5.41) is 12.4. The summed E-state index contributed by atoms with van der Waals surface area (Å²) < 4.78 is 37.3. The van der Waals surface area contributed by atoms with Crippen LogP contribution < -0.4 is 5.32 Å². The van der Waals surface area contributed by atoms with Crippen molar-refractivity contribution in [3.8, 4) is 0 Å². The van der Waals surface area contributed by atoms with Gasteiger partial charge in [0.2, 0.25) is 0 Å². The Balaban J connectivity index is 2.66. The molecule has 0 saturated heterocycles. The molecule has 1 aromatic carbocycles. The first kappa shape index (κ1) is 16.1. The molecule has 2 N–H and O–H groups in total. The smallest absolute Gasteiger partial charge is 0.390 e. The lowest BCUT2D eigenvalue weighted by atomic mass is 10.2. The summed E-state index contributed by atoms with van der Waals surface area (Å²) in [6.07, 6.45) is -5.04. The SMILES string of the molecule is CN(C)CC(O)CNc1ccc(C(F)(F)F)cc1Cl. The van der Waals surface area contributed by atoms with E-state index in [1.807, 2.05) is 14.1 Å². The van der Waals surface area contributed by atoms with Crippen molar-refractivity contribution in [1.82, 2.24) is 4.90 Å². The molecule has 0 spiro atoms. The molecule has 19 heavy (non-hydrogen) atoms. The fourth-order valence-electron chi connectivity index (χ4n) is 1.55. The summed E-state index contributed by atoms with van der Waals surface area (Å²) in [4.78, 5) is 1.81. The molecule has 0 radical (unpaired) electrons. The van der Waals surface area contributed by atoms with E-state index < -0.39 is 17.8 Å². The zero-order valence-corrected chi connectivity index (χ0v) is 11.4. The van der Waals surface area contributed by atoms with E-state index in [0.717, 1.165) is 12.1 Å². The average Bonchev–Trinajstić information content (AvgIpc) is 2.25. The van der Waals surface area contributed by atoms with E-state index in [2.05, 4.69) is 5.32 Å². The van der Waals surface area contributed by atoms with Crippen LogP contribution in [0.5, 0.6) is 0 Å². The van der Waals surface area contributed by atoms with Crippen LogP contribution in [0.25, 0.3) is 0 Å². The van der Waals surface area contributed by atoms with Crippen molar-refractivity contribution in [2.75, 3.05) is 32.5 Å². The number of nitrogens with one attached hydrogen (secondary N) is 1. The fraction of sp³-hybridized carbons (Fsp3) is 0.500. The normalized spacial score (nSPS) is 13.7. The van der Waals surface area contributed by atoms with E-state index in [-0.39, 0.29) is 11.6 Å². The number of likely N-dealkylation sites (N-methyl/N-ethyl adjacent to an activating group) is 1. The lowest BCUT2D eigenvalue weighted by Gasteiger charge is -2.18. The maximum absolute atomic E-state index is 12.4. The number of nitrogens with zero attached hydrogens (tertiary/aromatic N) is 1. The topological polar surface area (TPSA) is 35.5 Å². The van der Waals surface area contributed by atoms with Crippen molar-refractivity contribution in [1.29, 1.82) is 0 Å². The highest BCUT2D eigenvalue weighted by Crippen LogP contribution is 2.33. The largest absolute Gasteiger partial charge is 0.416 e. The number of rotatable bonds is 5. The Kier molecular flexibility index (Phi) is 5.46. The summed E-state index contributed by atoms with van der Waals surface area (Å²) in [7, 11) is 3.63. The van der Waals surface area contributed by atoms with Crippen molar-refractivity contribution < 1.29 is 18.3 Å². The third-order valence-corrected chi connectivity index (χ3v) is 2.71. The number of hydrogen-bond acceptors (Lipinski definition) is 3. The molecule has 1 unspecified atom stereocenters. The number of aliphatic hydroxyl groups excluding tert-OH is 1. The second-order valence-electron chi connectivity index (χ2n) is 4.49. The molecule has 0 aromatic heterocycles. The van der Waals surface area contributed by atoms with Crippen molar-refractivity contribution in [3.63, 3.8) is 0 Å². The highest BCUT2D eigenvalue weighted by atomic mass is 35.5. The molecule has 0 aliphatic heterocycles. The Morgan fingerprint density at radius 2 is 2.00 bits per heavy atom. The molecule has 3 nitrogen and oxygen atoms in total. The van der Waals surface area contributed by atoms with Gasteiger partial charge in [0, 0.05) is 13.1 Å². The molecule has 0 amide bonds. The summed E-state index contributed by atoms with van der Waals surface area (Å²) >= 11 is 5.77. The summed E-state index contributed by atoms with van der Waals surface area (Å²) in [6.45, 7) is 0.661. The Hall–Kier alpha value is -0.980. The highest BCUT2D eigenvalue weighted by molar-refractivity contribution is 6.33. The maximum atomic E-state index is 12.4. The van der Waals surface area contributed by atoms with Crippen LogP contribution >= 0.6 is 11.6 Å². The van der Waals surface area contributed by atoms with Crippen LogP contribution in [0.15, 0.2) is 18.2 Å². The molecule has 1 atom stereocenters. The van der Waals surface area contributed by atoms with E-state index in [1.165, 1.54) is 6.07 Å². The third-order valence-electron chi connectivity index (χ3n) is 2.40. The van der Waals surface area contributed by atoms with Crippen molar-refractivity contribution >= 4 is 17.3 Å². The minimum absolute atomic E-state index is 0.0214.